The molecule has 0 saturated carbocycles. The molecule has 0 aliphatic carbocycles. The average Bonchev–Trinajstić information content (AvgIpc) is 2.67. The van der Waals surface area contributed by atoms with Crippen LogP contribution in [-0.2, 0) is 28.8 Å². The van der Waals surface area contributed by atoms with Crippen molar-refractivity contribution in [3.63, 3.8) is 0 Å². The molecule has 31 heavy (non-hydrogen) atoms. The van der Waals surface area contributed by atoms with Gasteiger partial charge in [0.1, 0.15) is 18.1 Å². The highest BCUT2D eigenvalue weighted by atomic mass is 16.4. The number of carbonyl (C=O) groups excluding carboxylic acids is 5. The highest BCUT2D eigenvalue weighted by molar-refractivity contribution is 5.96. The van der Waals surface area contributed by atoms with Crippen molar-refractivity contribution >= 4 is 35.5 Å². The molecule has 0 radical (unpaired) electrons. The number of amides is 5. The van der Waals surface area contributed by atoms with Gasteiger partial charge in [-0.2, -0.15) is 0 Å². The van der Waals surface area contributed by atoms with Crippen LogP contribution in [0.15, 0.2) is 0 Å². The molecular formula is C17H30N6O8. The Kier molecular flexibility index (Phi) is 11.7. The van der Waals surface area contributed by atoms with Gasteiger partial charge in [0.05, 0.1) is 25.5 Å². The second-order valence-corrected chi connectivity index (χ2v) is 6.96. The lowest BCUT2D eigenvalue weighted by molar-refractivity contribution is -0.144. The summed E-state index contributed by atoms with van der Waals surface area (Å²) < 4.78 is 0. The van der Waals surface area contributed by atoms with E-state index in [0.29, 0.717) is 6.42 Å². The predicted molar refractivity (Wildman–Crippen MR) is 106 cm³/mol. The third kappa shape index (κ3) is 9.86. The van der Waals surface area contributed by atoms with Crippen molar-refractivity contribution in [3.8, 4) is 0 Å². The van der Waals surface area contributed by atoms with Gasteiger partial charge in [-0.05, 0) is 5.92 Å². The number of rotatable bonds is 14. The second-order valence-electron chi connectivity index (χ2n) is 6.96. The number of aliphatic hydroxyl groups excluding tert-OH is 1. The van der Waals surface area contributed by atoms with Crippen LogP contribution in [-0.4, -0.2) is 76.5 Å². The molecule has 0 aliphatic heterocycles. The Morgan fingerprint density at radius 2 is 1.32 bits per heavy atom. The lowest BCUT2D eigenvalue weighted by atomic mass is 9.99. The zero-order valence-corrected chi connectivity index (χ0v) is 17.3. The highest BCUT2D eigenvalue weighted by Crippen LogP contribution is 2.08. The molecule has 0 saturated heterocycles. The Bertz CT molecular complexity index is 700. The third-order valence-electron chi connectivity index (χ3n) is 4.39. The summed E-state index contributed by atoms with van der Waals surface area (Å²) >= 11 is 0. The number of aliphatic hydroxyl groups is 1. The quantitative estimate of drug-likeness (QED) is 0.128. The predicted octanol–water partition coefficient (Wildman–Crippen LogP) is -4.36. The largest absolute Gasteiger partial charge is 0.480 e. The van der Waals surface area contributed by atoms with Crippen LogP contribution in [0.3, 0.4) is 0 Å². The Labute approximate surface area is 178 Å². The Morgan fingerprint density at radius 3 is 1.74 bits per heavy atom. The number of carbonyl (C=O) groups is 6. The van der Waals surface area contributed by atoms with Crippen molar-refractivity contribution in [1.29, 1.82) is 0 Å². The van der Waals surface area contributed by atoms with E-state index >= 15 is 0 Å². The molecule has 0 aliphatic rings. The van der Waals surface area contributed by atoms with Gasteiger partial charge in [0.2, 0.25) is 29.5 Å². The monoisotopic (exact) mass is 446 g/mol. The van der Waals surface area contributed by atoms with Gasteiger partial charge in [-0.3, -0.25) is 24.0 Å². The lowest BCUT2D eigenvalue weighted by Crippen LogP contribution is -2.59. The maximum Gasteiger partial charge on any atom is 0.326 e. The van der Waals surface area contributed by atoms with E-state index < -0.39 is 85.0 Å². The van der Waals surface area contributed by atoms with E-state index in [0.717, 1.165) is 0 Å². The molecule has 14 nitrogen and oxygen atoms in total. The van der Waals surface area contributed by atoms with Crippen LogP contribution >= 0.6 is 0 Å². The van der Waals surface area contributed by atoms with Gasteiger partial charge < -0.3 is 43.4 Å². The van der Waals surface area contributed by atoms with Crippen LogP contribution in [0.25, 0.3) is 0 Å². The zero-order valence-electron chi connectivity index (χ0n) is 17.3. The van der Waals surface area contributed by atoms with Crippen molar-refractivity contribution in [2.75, 3.05) is 6.61 Å². The SMILES string of the molecule is CCC(C)C(NC(=O)C(CO)NC(=O)C(CC(N)=O)NC(=O)C(N)CC(N)=O)C(=O)O. The van der Waals surface area contributed by atoms with E-state index in [1.165, 1.54) is 0 Å². The van der Waals surface area contributed by atoms with Crippen molar-refractivity contribution in [1.82, 2.24) is 16.0 Å². The first kappa shape index (κ1) is 27.7. The Morgan fingerprint density at radius 1 is 0.839 bits per heavy atom. The van der Waals surface area contributed by atoms with Crippen LogP contribution in [0.5, 0.6) is 0 Å². The maximum absolute atomic E-state index is 12.5. The fourth-order valence-electron chi connectivity index (χ4n) is 2.40. The molecule has 0 aromatic heterocycles. The van der Waals surface area contributed by atoms with E-state index in [9.17, 15) is 39.0 Å². The Hall–Kier alpha value is -3.26. The van der Waals surface area contributed by atoms with Gasteiger partial charge in [-0.1, -0.05) is 20.3 Å². The molecule has 0 bridgehead atoms. The van der Waals surface area contributed by atoms with Crippen LogP contribution in [0.1, 0.15) is 33.1 Å². The van der Waals surface area contributed by atoms with E-state index in [1.54, 1.807) is 13.8 Å². The first-order valence-electron chi connectivity index (χ1n) is 9.40. The van der Waals surface area contributed by atoms with Gasteiger partial charge >= 0.3 is 5.97 Å². The molecular weight excluding hydrogens is 416 g/mol. The molecule has 5 unspecified atom stereocenters. The minimum Gasteiger partial charge on any atom is -0.480 e. The number of hydrogen-bond acceptors (Lipinski definition) is 8. The van der Waals surface area contributed by atoms with E-state index in [2.05, 4.69) is 16.0 Å². The summed E-state index contributed by atoms with van der Waals surface area (Å²) in [5.41, 5.74) is 15.5. The highest BCUT2D eigenvalue weighted by Gasteiger charge is 2.32. The lowest BCUT2D eigenvalue weighted by Gasteiger charge is -2.25. The molecule has 0 spiro atoms. The maximum atomic E-state index is 12.5. The number of nitrogens with one attached hydrogen (secondary N) is 3. The molecule has 0 rings (SSSR count). The molecule has 5 amide bonds. The normalized spacial score (nSPS) is 15.5. The second kappa shape index (κ2) is 13.1. The number of nitrogens with two attached hydrogens (primary N) is 3. The minimum absolute atomic E-state index is 0.436. The number of primary amides is 2. The van der Waals surface area contributed by atoms with E-state index in [1.807, 2.05) is 0 Å². The fourth-order valence-corrected chi connectivity index (χ4v) is 2.40. The number of carboxylic acid groups (broad SMARTS) is 1. The molecule has 0 aromatic rings. The molecule has 5 atom stereocenters. The van der Waals surface area contributed by atoms with Crippen molar-refractivity contribution in [2.45, 2.75) is 57.3 Å². The summed E-state index contributed by atoms with van der Waals surface area (Å²) in [5, 5.41) is 25.2. The number of carboxylic acids is 1. The van der Waals surface area contributed by atoms with Gasteiger partial charge in [0.15, 0.2) is 0 Å². The zero-order chi connectivity index (χ0) is 24.3. The molecule has 0 heterocycles. The summed E-state index contributed by atoms with van der Waals surface area (Å²) in [6.07, 6.45) is -0.762. The standard InChI is InChI=1S/C17H30N6O8/c1-3-7(2)13(17(30)31)23-16(29)10(6-24)22-15(28)9(5-12(20)26)21-14(27)8(18)4-11(19)25/h7-10,13,24H,3-6,18H2,1-2H3,(H2,19,25)(H2,20,26)(H,21,27)(H,22,28)(H,23,29)(H,30,31). The summed E-state index contributed by atoms with van der Waals surface area (Å²) in [4.78, 5) is 70.3. The summed E-state index contributed by atoms with van der Waals surface area (Å²) in [6.45, 7) is 2.42. The third-order valence-corrected chi connectivity index (χ3v) is 4.39. The molecule has 11 N–H and O–H groups in total. The molecule has 176 valence electrons. The van der Waals surface area contributed by atoms with Gasteiger partial charge in [0.25, 0.3) is 0 Å². The summed E-state index contributed by atoms with van der Waals surface area (Å²) in [5.74, 6) is -6.62. The van der Waals surface area contributed by atoms with Crippen LogP contribution in [0.4, 0.5) is 0 Å². The summed E-state index contributed by atoms with van der Waals surface area (Å²) in [7, 11) is 0. The first-order chi connectivity index (χ1) is 14.3. The van der Waals surface area contributed by atoms with Gasteiger partial charge in [0, 0.05) is 0 Å². The van der Waals surface area contributed by atoms with Crippen LogP contribution < -0.4 is 33.2 Å². The van der Waals surface area contributed by atoms with E-state index in [4.69, 9.17) is 17.2 Å². The average molecular weight is 446 g/mol. The first-order valence-corrected chi connectivity index (χ1v) is 9.40. The van der Waals surface area contributed by atoms with Crippen LogP contribution in [0.2, 0.25) is 0 Å². The topological polar surface area (TPSA) is 257 Å². The van der Waals surface area contributed by atoms with E-state index in [-0.39, 0.29) is 0 Å². The molecule has 14 heteroatoms. The van der Waals surface area contributed by atoms with Crippen molar-refractivity contribution in [2.24, 2.45) is 23.1 Å². The number of hydrogen-bond donors (Lipinski definition) is 8. The van der Waals surface area contributed by atoms with Crippen molar-refractivity contribution in [3.05, 3.63) is 0 Å². The van der Waals surface area contributed by atoms with Gasteiger partial charge in [-0.25, -0.2) is 4.79 Å². The minimum atomic E-state index is -1.58. The molecule has 0 fully saturated rings. The van der Waals surface area contributed by atoms with Crippen molar-refractivity contribution < 1.29 is 39.0 Å². The fraction of sp³-hybridized carbons (Fsp3) is 0.647. The number of aliphatic carboxylic acids is 1. The Balaban J connectivity index is 5.32. The smallest absolute Gasteiger partial charge is 0.326 e. The summed E-state index contributed by atoms with van der Waals surface area (Å²) in [6, 6.07) is -5.82. The van der Waals surface area contributed by atoms with Crippen LogP contribution in [0, 0.1) is 5.92 Å². The molecule has 0 aromatic carbocycles. The van der Waals surface area contributed by atoms with Gasteiger partial charge in [-0.15, -0.1) is 0 Å².